The zero-order chi connectivity index (χ0) is 11.1. The molecular formula is C6H10NO6S-. The first-order valence-electron chi connectivity index (χ1n) is 3.71. The molecule has 0 aliphatic rings. The second kappa shape index (κ2) is 6.46. The van der Waals surface area contributed by atoms with E-state index < -0.39 is 23.2 Å². The Balaban J connectivity index is 3.96. The topological polar surface area (TPSA) is 118 Å². The third-order valence-corrected chi connectivity index (χ3v) is 2.15. The summed E-state index contributed by atoms with van der Waals surface area (Å²) in [5.74, 6) is -2.26. The van der Waals surface area contributed by atoms with Gasteiger partial charge in [0.15, 0.2) is 0 Å². The molecule has 1 atom stereocenters. The van der Waals surface area contributed by atoms with E-state index >= 15 is 0 Å². The average Bonchev–Trinajstić information content (AvgIpc) is 2.02. The summed E-state index contributed by atoms with van der Waals surface area (Å²) in [5, 5.41) is 16.6. The predicted octanol–water partition coefficient (Wildman–Crippen LogP) is -0.968. The standard InChI is InChI=1S/C6H11NO6S/c8-5(9)1-3-7(14(12)13)4-2-6(10)11/h1-4H2,(H,8,9)(H,10,11)(H,12,13)/p-1. The van der Waals surface area contributed by atoms with Gasteiger partial charge in [-0.25, -0.2) is 4.31 Å². The second-order valence-electron chi connectivity index (χ2n) is 2.43. The van der Waals surface area contributed by atoms with Gasteiger partial charge in [0.25, 0.3) is 0 Å². The molecule has 0 aromatic heterocycles. The minimum absolute atomic E-state index is 0.210. The molecule has 0 aromatic rings. The zero-order valence-electron chi connectivity index (χ0n) is 7.21. The van der Waals surface area contributed by atoms with Crippen LogP contribution >= 0.6 is 0 Å². The van der Waals surface area contributed by atoms with Crippen LogP contribution in [0.5, 0.6) is 0 Å². The van der Waals surface area contributed by atoms with E-state index in [1.807, 2.05) is 0 Å². The Hall–Kier alpha value is -0.990. The van der Waals surface area contributed by atoms with Crippen molar-refractivity contribution in [2.45, 2.75) is 12.8 Å². The lowest BCUT2D eigenvalue weighted by molar-refractivity contribution is -0.137. The van der Waals surface area contributed by atoms with Gasteiger partial charge in [-0.1, -0.05) is 0 Å². The Morgan fingerprint density at radius 3 is 1.71 bits per heavy atom. The largest absolute Gasteiger partial charge is 0.760 e. The fourth-order valence-corrected chi connectivity index (χ4v) is 1.18. The zero-order valence-corrected chi connectivity index (χ0v) is 8.03. The molecule has 0 heterocycles. The molecule has 0 aromatic carbocycles. The van der Waals surface area contributed by atoms with Crippen molar-refractivity contribution in [3.05, 3.63) is 0 Å². The maximum atomic E-state index is 10.5. The lowest BCUT2D eigenvalue weighted by Crippen LogP contribution is -2.30. The number of aliphatic carboxylic acids is 2. The Kier molecular flexibility index (Phi) is 6.00. The molecular weight excluding hydrogens is 214 g/mol. The highest BCUT2D eigenvalue weighted by Crippen LogP contribution is 1.97. The van der Waals surface area contributed by atoms with Crippen LogP contribution in [0.3, 0.4) is 0 Å². The predicted molar refractivity (Wildman–Crippen MR) is 45.0 cm³/mol. The molecule has 14 heavy (non-hydrogen) atoms. The maximum absolute atomic E-state index is 10.5. The van der Waals surface area contributed by atoms with Crippen molar-refractivity contribution in [3.63, 3.8) is 0 Å². The summed E-state index contributed by atoms with van der Waals surface area (Å²) in [4.78, 5) is 20.2. The first kappa shape index (κ1) is 13.0. The Morgan fingerprint density at radius 1 is 1.14 bits per heavy atom. The van der Waals surface area contributed by atoms with Crippen molar-refractivity contribution >= 4 is 23.2 Å². The smallest absolute Gasteiger partial charge is 0.304 e. The maximum Gasteiger partial charge on any atom is 0.304 e. The van der Waals surface area contributed by atoms with Crippen molar-refractivity contribution in [3.8, 4) is 0 Å². The van der Waals surface area contributed by atoms with Crippen molar-refractivity contribution in [1.29, 1.82) is 0 Å². The van der Waals surface area contributed by atoms with Crippen LogP contribution in [0.15, 0.2) is 0 Å². The van der Waals surface area contributed by atoms with E-state index in [-0.39, 0.29) is 25.9 Å². The lowest BCUT2D eigenvalue weighted by Gasteiger charge is -2.22. The molecule has 0 radical (unpaired) electrons. The van der Waals surface area contributed by atoms with Gasteiger partial charge in [0.05, 0.1) is 12.8 Å². The molecule has 0 rings (SSSR count). The minimum Gasteiger partial charge on any atom is -0.760 e. The molecule has 0 fully saturated rings. The normalized spacial score (nSPS) is 12.7. The van der Waals surface area contributed by atoms with E-state index in [0.29, 0.717) is 0 Å². The number of carboxylic acids is 2. The molecule has 82 valence electrons. The molecule has 0 bridgehead atoms. The summed E-state index contributed by atoms with van der Waals surface area (Å²) in [6.45, 7) is -0.419. The Labute approximate surface area is 82.7 Å². The van der Waals surface area contributed by atoms with Gasteiger partial charge in [0, 0.05) is 24.4 Å². The fraction of sp³-hybridized carbons (Fsp3) is 0.667. The first-order valence-corrected chi connectivity index (χ1v) is 4.74. The minimum atomic E-state index is -2.58. The lowest BCUT2D eigenvalue weighted by atomic mass is 10.4. The van der Waals surface area contributed by atoms with E-state index in [1.165, 1.54) is 0 Å². The third kappa shape index (κ3) is 6.52. The van der Waals surface area contributed by atoms with Gasteiger partial charge in [-0.05, 0) is 0 Å². The Bertz CT molecular complexity index is 224. The van der Waals surface area contributed by atoms with Crippen LogP contribution in [0, 0.1) is 0 Å². The highest BCUT2D eigenvalue weighted by molar-refractivity contribution is 7.76. The molecule has 2 N–H and O–H groups in total. The van der Waals surface area contributed by atoms with Crippen molar-refractivity contribution in [2.24, 2.45) is 0 Å². The summed E-state index contributed by atoms with van der Waals surface area (Å²) in [5.41, 5.74) is 0. The molecule has 0 spiro atoms. The van der Waals surface area contributed by atoms with Gasteiger partial charge in [-0.3, -0.25) is 13.8 Å². The third-order valence-electron chi connectivity index (χ3n) is 1.36. The quantitative estimate of drug-likeness (QED) is 0.537. The van der Waals surface area contributed by atoms with Crippen LogP contribution in [0.25, 0.3) is 0 Å². The Morgan fingerprint density at radius 2 is 1.50 bits per heavy atom. The SMILES string of the molecule is O=C(O)CCN(CCC(=O)O)S(=O)[O-]. The molecule has 0 aliphatic carbocycles. The number of hydrogen-bond donors (Lipinski definition) is 2. The molecule has 0 amide bonds. The van der Waals surface area contributed by atoms with E-state index in [4.69, 9.17) is 10.2 Å². The molecule has 0 saturated heterocycles. The number of rotatable bonds is 7. The van der Waals surface area contributed by atoms with Crippen molar-refractivity contribution in [2.75, 3.05) is 13.1 Å². The van der Waals surface area contributed by atoms with Gasteiger partial charge in [-0.2, -0.15) is 0 Å². The average molecular weight is 224 g/mol. The van der Waals surface area contributed by atoms with Gasteiger partial charge in [-0.15, -0.1) is 0 Å². The van der Waals surface area contributed by atoms with Gasteiger partial charge in [0.1, 0.15) is 0 Å². The molecule has 0 aliphatic heterocycles. The fourth-order valence-electron chi connectivity index (χ4n) is 0.702. The van der Waals surface area contributed by atoms with Gasteiger partial charge in [0.2, 0.25) is 0 Å². The van der Waals surface area contributed by atoms with Crippen LogP contribution in [0.4, 0.5) is 0 Å². The van der Waals surface area contributed by atoms with Crippen molar-refractivity contribution < 1.29 is 28.6 Å². The van der Waals surface area contributed by atoms with E-state index in [9.17, 15) is 18.4 Å². The molecule has 8 heteroatoms. The number of hydrogen-bond acceptors (Lipinski definition) is 4. The summed E-state index contributed by atoms with van der Waals surface area (Å²) in [7, 11) is 0. The summed E-state index contributed by atoms with van der Waals surface area (Å²) in [6, 6.07) is 0. The van der Waals surface area contributed by atoms with Crippen LogP contribution in [0.1, 0.15) is 12.8 Å². The highest BCUT2D eigenvalue weighted by atomic mass is 32.2. The van der Waals surface area contributed by atoms with Crippen LogP contribution < -0.4 is 0 Å². The van der Waals surface area contributed by atoms with Gasteiger partial charge < -0.3 is 14.8 Å². The second-order valence-corrected chi connectivity index (χ2v) is 3.38. The summed E-state index contributed by atoms with van der Waals surface area (Å²) in [6.07, 6.45) is -0.679. The first-order chi connectivity index (χ1) is 6.43. The van der Waals surface area contributed by atoms with Crippen LogP contribution in [0.2, 0.25) is 0 Å². The van der Waals surface area contributed by atoms with E-state index in [1.54, 1.807) is 0 Å². The van der Waals surface area contributed by atoms with E-state index in [2.05, 4.69) is 0 Å². The van der Waals surface area contributed by atoms with E-state index in [0.717, 1.165) is 4.31 Å². The monoisotopic (exact) mass is 224 g/mol. The highest BCUT2D eigenvalue weighted by Gasteiger charge is 2.09. The van der Waals surface area contributed by atoms with Crippen LogP contribution in [-0.2, 0) is 20.9 Å². The number of nitrogens with zero attached hydrogens (tertiary/aromatic N) is 1. The van der Waals surface area contributed by atoms with Crippen LogP contribution in [-0.4, -0.2) is 48.3 Å². The number of carbonyl (C=O) groups is 2. The molecule has 0 saturated carbocycles. The number of carboxylic acid groups (broad SMARTS) is 2. The van der Waals surface area contributed by atoms with Crippen molar-refractivity contribution in [1.82, 2.24) is 4.31 Å². The molecule has 1 unspecified atom stereocenters. The van der Waals surface area contributed by atoms with Gasteiger partial charge >= 0.3 is 11.9 Å². The summed E-state index contributed by atoms with van der Waals surface area (Å²) < 4.78 is 21.7. The summed E-state index contributed by atoms with van der Waals surface area (Å²) >= 11 is -2.58. The molecule has 7 nitrogen and oxygen atoms in total.